The molecule has 27 heavy (non-hydrogen) atoms. The SMILES string of the molecule is CC(=NNC(=O)c1cc(Br)ccc1OC(C)C)c1ccc2ccccc2c1. The summed E-state index contributed by atoms with van der Waals surface area (Å²) in [6.07, 6.45) is -0.0273. The molecule has 0 radical (unpaired) electrons. The number of nitrogens with one attached hydrogen (secondary N) is 1. The first-order valence-electron chi connectivity index (χ1n) is 8.74. The van der Waals surface area contributed by atoms with Gasteiger partial charge in [-0.3, -0.25) is 4.79 Å². The molecule has 4 nitrogen and oxygen atoms in total. The lowest BCUT2D eigenvalue weighted by Crippen LogP contribution is -2.21. The standard InChI is InChI=1S/C22H21BrN2O2/c1-14(2)27-21-11-10-19(23)13-20(21)22(26)25-24-15(3)17-9-8-16-6-4-5-7-18(16)12-17/h4-14H,1-3H3,(H,25,26). The zero-order valence-electron chi connectivity index (χ0n) is 15.5. The van der Waals surface area contributed by atoms with Crippen LogP contribution in [0.5, 0.6) is 5.75 Å². The maximum atomic E-state index is 12.6. The van der Waals surface area contributed by atoms with Gasteiger partial charge in [0, 0.05) is 4.47 Å². The first-order chi connectivity index (χ1) is 12.9. The van der Waals surface area contributed by atoms with Crippen molar-refractivity contribution in [3.05, 3.63) is 76.3 Å². The number of rotatable bonds is 5. The summed E-state index contributed by atoms with van der Waals surface area (Å²) < 4.78 is 6.54. The average Bonchev–Trinajstić information content (AvgIpc) is 2.66. The van der Waals surface area contributed by atoms with Gasteiger partial charge in [-0.25, -0.2) is 5.43 Å². The number of carbonyl (C=O) groups excluding carboxylic acids is 1. The number of hydrazone groups is 1. The summed E-state index contributed by atoms with van der Waals surface area (Å²) >= 11 is 3.40. The maximum Gasteiger partial charge on any atom is 0.275 e. The fourth-order valence-corrected chi connectivity index (χ4v) is 3.07. The van der Waals surface area contributed by atoms with E-state index in [1.807, 2.05) is 51.1 Å². The van der Waals surface area contributed by atoms with Crippen LogP contribution in [0, 0.1) is 0 Å². The molecule has 1 amide bonds. The van der Waals surface area contributed by atoms with Gasteiger partial charge < -0.3 is 4.74 Å². The number of benzene rings is 3. The zero-order valence-corrected chi connectivity index (χ0v) is 17.1. The third-order valence-electron chi connectivity index (χ3n) is 4.04. The number of hydrogen-bond donors (Lipinski definition) is 1. The van der Waals surface area contributed by atoms with E-state index in [4.69, 9.17) is 4.74 Å². The van der Waals surface area contributed by atoms with Gasteiger partial charge in [0.2, 0.25) is 0 Å². The smallest absolute Gasteiger partial charge is 0.275 e. The molecular weight excluding hydrogens is 404 g/mol. The molecule has 5 heteroatoms. The normalized spacial score (nSPS) is 11.7. The van der Waals surface area contributed by atoms with Crippen molar-refractivity contribution in [1.82, 2.24) is 5.43 Å². The Kier molecular flexibility index (Phi) is 5.91. The molecule has 0 aromatic heterocycles. The molecule has 0 saturated heterocycles. The quantitative estimate of drug-likeness (QED) is 0.431. The molecule has 0 fully saturated rings. The first kappa shape index (κ1) is 19.1. The van der Waals surface area contributed by atoms with Crippen molar-refractivity contribution < 1.29 is 9.53 Å². The highest BCUT2D eigenvalue weighted by molar-refractivity contribution is 9.10. The molecule has 138 valence electrons. The molecule has 0 aliphatic carbocycles. The lowest BCUT2D eigenvalue weighted by atomic mass is 10.0. The van der Waals surface area contributed by atoms with Crippen LogP contribution in [0.3, 0.4) is 0 Å². The maximum absolute atomic E-state index is 12.6. The van der Waals surface area contributed by atoms with Crippen molar-refractivity contribution in [1.29, 1.82) is 0 Å². The summed E-state index contributed by atoms with van der Waals surface area (Å²) in [4.78, 5) is 12.6. The molecule has 3 aromatic carbocycles. The number of halogens is 1. The van der Waals surface area contributed by atoms with Gasteiger partial charge in [0.15, 0.2) is 0 Å². The van der Waals surface area contributed by atoms with Crippen molar-refractivity contribution in [3.8, 4) is 5.75 Å². The van der Waals surface area contributed by atoms with Crippen LogP contribution in [0.2, 0.25) is 0 Å². The first-order valence-corrected chi connectivity index (χ1v) is 9.53. The van der Waals surface area contributed by atoms with E-state index in [0.717, 1.165) is 21.1 Å². The van der Waals surface area contributed by atoms with Gasteiger partial charge in [-0.15, -0.1) is 0 Å². The van der Waals surface area contributed by atoms with Gasteiger partial charge in [-0.1, -0.05) is 52.3 Å². The fraction of sp³-hybridized carbons (Fsp3) is 0.182. The van der Waals surface area contributed by atoms with Crippen LogP contribution < -0.4 is 10.2 Å². The Morgan fingerprint density at radius 3 is 2.52 bits per heavy atom. The fourth-order valence-electron chi connectivity index (χ4n) is 2.71. The largest absolute Gasteiger partial charge is 0.490 e. The van der Waals surface area contributed by atoms with Crippen LogP contribution in [0.25, 0.3) is 10.8 Å². The third kappa shape index (κ3) is 4.74. The Labute approximate surface area is 167 Å². The summed E-state index contributed by atoms with van der Waals surface area (Å²) in [6.45, 7) is 5.72. The molecule has 0 spiro atoms. The molecule has 0 aliphatic rings. The van der Waals surface area contributed by atoms with Gasteiger partial charge in [0.1, 0.15) is 5.75 Å². The van der Waals surface area contributed by atoms with Crippen LogP contribution in [0.1, 0.15) is 36.7 Å². The molecule has 0 saturated carbocycles. The molecule has 0 heterocycles. The Morgan fingerprint density at radius 1 is 1.04 bits per heavy atom. The van der Waals surface area contributed by atoms with E-state index in [1.54, 1.807) is 12.1 Å². The van der Waals surface area contributed by atoms with Crippen LogP contribution in [-0.4, -0.2) is 17.7 Å². The monoisotopic (exact) mass is 424 g/mol. The summed E-state index contributed by atoms with van der Waals surface area (Å²) in [7, 11) is 0. The van der Waals surface area contributed by atoms with Crippen molar-refractivity contribution >= 4 is 38.3 Å². The second-order valence-electron chi connectivity index (χ2n) is 6.51. The van der Waals surface area contributed by atoms with E-state index >= 15 is 0 Å². The minimum Gasteiger partial charge on any atom is -0.490 e. The molecule has 0 aliphatic heterocycles. The second kappa shape index (κ2) is 8.35. The summed E-state index contributed by atoms with van der Waals surface area (Å²) in [5, 5.41) is 6.58. The van der Waals surface area contributed by atoms with Crippen molar-refractivity contribution in [3.63, 3.8) is 0 Å². The molecule has 3 rings (SSSR count). The highest BCUT2D eigenvalue weighted by Gasteiger charge is 2.14. The van der Waals surface area contributed by atoms with Gasteiger partial charge in [0.05, 0.1) is 17.4 Å². The highest BCUT2D eigenvalue weighted by Crippen LogP contribution is 2.24. The zero-order chi connectivity index (χ0) is 19.4. The summed E-state index contributed by atoms with van der Waals surface area (Å²) in [6, 6.07) is 19.6. The number of fused-ring (bicyclic) bond motifs is 1. The molecular formula is C22H21BrN2O2. The summed E-state index contributed by atoms with van der Waals surface area (Å²) in [5.41, 5.74) is 4.76. The number of carbonyl (C=O) groups is 1. The lowest BCUT2D eigenvalue weighted by molar-refractivity contribution is 0.0949. The highest BCUT2D eigenvalue weighted by atomic mass is 79.9. The van der Waals surface area contributed by atoms with Crippen LogP contribution in [0.15, 0.2) is 70.2 Å². The lowest BCUT2D eigenvalue weighted by Gasteiger charge is -2.14. The van der Waals surface area contributed by atoms with Crippen LogP contribution in [0.4, 0.5) is 0 Å². The van der Waals surface area contributed by atoms with Crippen LogP contribution >= 0.6 is 15.9 Å². The van der Waals surface area contributed by atoms with Crippen LogP contribution in [-0.2, 0) is 0 Å². The van der Waals surface area contributed by atoms with E-state index < -0.39 is 0 Å². The Balaban J connectivity index is 1.82. The van der Waals surface area contributed by atoms with Gasteiger partial charge in [-0.05, 0) is 61.4 Å². The Morgan fingerprint density at radius 2 is 1.78 bits per heavy atom. The Bertz CT molecular complexity index is 1010. The van der Waals surface area contributed by atoms with E-state index in [-0.39, 0.29) is 12.0 Å². The topological polar surface area (TPSA) is 50.7 Å². The van der Waals surface area contributed by atoms with E-state index in [1.165, 1.54) is 5.39 Å². The third-order valence-corrected chi connectivity index (χ3v) is 4.53. The molecule has 3 aromatic rings. The number of hydrogen-bond acceptors (Lipinski definition) is 3. The molecule has 1 N–H and O–H groups in total. The second-order valence-corrected chi connectivity index (χ2v) is 7.42. The van der Waals surface area contributed by atoms with Crippen molar-refractivity contribution in [2.24, 2.45) is 5.10 Å². The van der Waals surface area contributed by atoms with Crippen molar-refractivity contribution in [2.75, 3.05) is 0 Å². The van der Waals surface area contributed by atoms with E-state index in [2.05, 4.69) is 44.7 Å². The molecule has 0 atom stereocenters. The van der Waals surface area contributed by atoms with E-state index in [0.29, 0.717) is 11.3 Å². The van der Waals surface area contributed by atoms with Gasteiger partial charge in [-0.2, -0.15) is 5.10 Å². The molecule has 0 unspecified atom stereocenters. The summed E-state index contributed by atoms with van der Waals surface area (Å²) in [5.74, 6) is 0.219. The number of nitrogens with zero attached hydrogens (tertiary/aromatic N) is 1. The predicted molar refractivity (Wildman–Crippen MR) is 114 cm³/mol. The van der Waals surface area contributed by atoms with Gasteiger partial charge >= 0.3 is 0 Å². The van der Waals surface area contributed by atoms with E-state index in [9.17, 15) is 4.79 Å². The van der Waals surface area contributed by atoms with Crippen molar-refractivity contribution in [2.45, 2.75) is 26.9 Å². The van der Waals surface area contributed by atoms with Gasteiger partial charge in [0.25, 0.3) is 5.91 Å². The molecule has 0 bridgehead atoms. The average molecular weight is 425 g/mol. The minimum atomic E-state index is -0.313. The Hall–Kier alpha value is -2.66. The predicted octanol–water partition coefficient (Wildman–Crippen LogP) is 5.54. The number of ether oxygens (including phenoxy) is 1. The number of amides is 1. The minimum absolute atomic E-state index is 0.0273.